The molecule has 0 spiro atoms. The summed E-state index contributed by atoms with van der Waals surface area (Å²) in [5.74, 6) is 0. The highest BCUT2D eigenvalue weighted by Gasteiger charge is 2.63. The molecule has 0 aliphatic rings. The fourth-order valence-corrected chi connectivity index (χ4v) is 1.29. The maximum absolute atomic E-state index is 10.6. The molecule has 0 aliphatic heterocycles. The number of aliphatic hydroxyl groups is 2. The monoisotopic (exact) mass is 298 g/mol. The summed E-state index contributed by atoms with van der Waals surface area (Å²) in [6, 6.07) is 0. The molecule has 0 rings (SSSR count). The highest BCUT2D eigenvalue weighted by atomic mass is 16.7. The average Bonchev–Trinajstić information content (AvgIpc) is 2.33. The molecule has 0 aromatic heterocycles. The number of aliphatic hydroxyl groups excluding tert-OH is 2. The summed E-state index contributed by atoms with van der Waals surface area (Å²) in [6.07, 6.45) is -2.60. The molecule has 2 N–H and O–H groups in total. The van der Waals surface area contributed by atoms with E-state index in [1.54, 1.807) is 0 Å². The highest BCUT2D eigenvalue weighted by molar-refractivity contribution is 4.74. The molecule has 0 amide bonds. The van der Waals surface area contributed by atoms with Crippen LogP contribution in [0.3, 0.4) is 0 Å². The van der Waals surface area contributed by atoms with Gasteiger partial charge in [-0.05, 0) is 0 Å². The number of hydrogen-bond donors (Lipinski definition) is 2. The smallest absolute Gasteiger partial charge is 0.382 e. The molecule has 0 saturated carbocycles. The van der Waals surface area contributed by atoms with Gasteiger partial charge in [0.05, 0.1) is 0 Å². The van der Waals surface area contributed by atoms with Gasteiger partial charge >= 0.3 is 11.3 Å². The van der Waals surface area contributed by atoms with Crippen molar-refractivity contribution in [1.82, 2.24) is 0 Å². The standard InChI is InChI=1S/C6H10N4O10/c11-3-5(7(13)14,8(15)16)1-2-6(4-12,9(17)18)10(19)20/h11-12H,1-4H2. The van der Waals surface area contributed by atoms with Crippen molar-refractivity contribution in [2.45, 2.75) is 24.2 Å². The first-order valence-corrected chi connectivity index (χ1v) is 4.90. The maximum atomic E-state index is 10.6. The largest absolute Gasteiger partial charge is 0.481 e. The Bertz CT molecular complexity index is 367. The average molecular weight is 298 g/mol. The summed E-state index contributed by atoms with van der Waals surface area (Å²) < 4.78 is 0. The Hall–Kier alpha value is -2.48. The molecule has 0 saturated heterocycles. The number of hydrogen-bond acceptors (Lipinski definition) is 10. The molecule has 0 heterocycles. The molecule has 0 aliphatic carbocycles. The quantitative estimate of drug-likeness (QED) is 0.278. The second-order valence-electron chi connectivity index (χ2n) is 3.81. The Kier molecular flexibility index (Phi) is 5.35. The van der Waals surface area contributed by atoms with E-state index in [2.05, 4.69) is 0 Å². The highest BCUT2D eigenvalue weighted by Crippen LogP contribution is 2.25. The molecule has 14 nitrogen and oxygen atoms in total. The van der Waals surface area contributed by atoms with Crippen LogP contribution in [0.25, 0.3) is 0 Å². The third kappa shape index (κ3) is 2.75. The van der Waals surface area contributed by atoms with Crippen LogP contribution in [0, 0.1) is 40.5 Å². The Morgan fingerprint density at radius 2 is 0.850 bits per heavy atom. The van der Waals surface area contributed by atoms with Gasteiger partial charge in [-0.15, -0.1) is 0 Å². The van der Waals surface area contributed by atoms with Crippen LogP contribution >= 0.6 is 0 Å². The molecule has 0 atom stereocenters. The number of nitrogens with zero attached hydrogens (tertiary/aromatic N) is 4. The van der Waals surface area contributed by atoms with Crippen molar-refractivity contribution >= 4 is 0 Å². The van der Waals surface area contributed by atoms with Crippen molar-refractivity contribution in [1.29, 1.82) is 0 Å². The summed E-state index contributed by atoms with van der Waals surface area (Å²) in [6.45, 7) is -3.21. The summed E-state index contributed by atoms with van der Waals surface area (Å²) in [4.78, 5) is 36.6. The second-order valence-corrected chi connectivity index (χ2v) is 3.81. The summed E-state index contributed by atoms with van der Waals surface area (Å²) in [5.41, 5.74) is -6.40. The van der Waals surface area contributed by atoms with Crippen molar-refractivity contribution in [3.05, 3.63) is 40.5 Å². The predicted molar refractivity (Wildman–Crippen MR) is 56.8 cm³/mol. The zero-order valence-corrected chi connectivity index (χ0v) is 9.78. The molecule has 114 valence electrons. The van der Waals surface area contributed by atoms with Gasteiger partial charge in [-0.25, -0.2) is 0 Å². The van der Waals surface area contributed by atoms with Crippen molar-refractivity contribution in [3.63, 3.8) is 0 Å². The van der Waals surface area contributed by atoms with Crippen LogP contribution in [0.2, 0.25) is 0 Å². The lowest BCUT2D eigenvalue weighted by Gasteiger charge is -2.18. The SMILES string of the molecule is O=[N+]([O-])C(CO)(CCC(CO)([N+](=O)[O-])[N+](=O)[O-])[N+](=O)[O-]. The van der Waals surface area contributed by atoms with Gasteiger partial charge in [0.2, 0.25) is 0 Å². The van der Waals surface area contributed by atoms with Gasteiger partial charge in [-0.1, -0.05) is 0 Å². The molecule has 0 aromatic rings. The Labute approximate surface area is 109 Å². The van der Waals surface area contributed by atoms with Gasteiger partial charge in [0.1, 0.15) is 32.5 Å². The van der Waals surface area contributed by atoms with Crippen LogP contribution in [-0.2, 0) is 0 Å². The Balaban J connectivity index is 5.48. The third-order valence-corrected chi connectivity index (χ3v) is 2.79. The first-order valence-electron chi connectivity index (χ1n) is 4.90. The van der Waals surface area contributed by atoms with Crippen LogP contribution in [0.1, 0.15) is 12.8 Å². The van der Waals surface area contributed by atoms with E-state index in [1.165, 1.54) is 0 Å². The fraction of sp³-hybridized carbons (Fsp3) is 1.00. The minimum Gasteiger partial charge on any atom is -0.382 e. The Morgan fingerprint density at radius 3 is 0.950 bits per heavy atom. The van der Waals surface area contributed by atoms with E-state index in [-0.39, 0.29) is 0 Å². The van der Waals surface area contributed by atoms with E-state index in [4.69, 9.17) is 10.2 Å². The number of rotatable bonds is 9. The topological polar surface area (TPSA) is 213 Å². The molecule has 20 heavy (non-hydrogen) atoms. The van der Waals surface area contributed by atoms with E-state index >= 15 is 0 Å². The van der Waals surface area contributed by atoms with E-state index in [0.29, 0.717) is 0 Å². The lowest BCUT2D eigenvalue weighted by atomic mass is 9.98. The van der Waals surface area contributed by atoms with Crippen LogP contribution < -0.4 is 0 Å². The van der Waals surface area contributed by atoms with E-state index in [0.717, 1.165) is 0 Å². The molecule has 0 unspecified atom stereocenters. The van der Waals surface area contributed by atoms with Crippen LogP contribution in [0.5, 0.6) is 0 Å². The van der Waals surface area contributed by atoms with Crippen molar-refractivity contribution in [3.8, 4) is 0 Å². The van der Waals surface area contributed by atoms with Gasteiger partial charge in [0.15, 0.2) is 13.2 Å². The normalized spacial score (nSPS) is 11.9. The van der Waals surface area contributed by atoms with Gasteiger partial charge in [0.25, 0.3) is 0 Å². The van der Waals surface area contributed by atoms with Crippen molar-refractivity contribution in [2.24, 2.45) is 0 Å². The second kappa shape index (κ2) is 6.11. The molecule has 14 heteroatoms. The summed E-state index contributed by atoms with van der Waals surface area (Å²) in [5, 5.41) is 60.1. The van der Waals surface area contributed by atoms with Crippen molar-refractivity contribution in [2.75, 3.05) is 13.2 Å². The molecular weight excluding hydrogens is 288 g/mol. The molecular formula is C6H10N4O10. The first-order chi connectivity index (χ1) is 9.10. The number of nitro groups is 4. The van der Waals surface area contributed by atoms with Crippen LogP contribution in [-0.4, -0.2) is 54.4 Å². The lowest BCUT2D eigenvalue weighted by Crippen LogP contribution is -2.55. The van der Waals surface area contributed by atoms with E-state index in [1.807, 2.05) is 0 Å². The van der Waals surface area contributed by atoms with Gasteiger partial charge < -0.3 is 10.2 Å². The first kappa shape index (κ1) is 17.5. The van der Waals surface area contributed by atoms with E-state index < -0.39 is 57.1 Å². The van der Waals surface area contributed by atoms with Crippen molar-refractivity contribution < 1.29 is 29.9 Å². The summed E-state index contributed by atoms with van der Waals surface area (Å²) >= 11 is 0. The Morgan fingerprint density at radius 1 is 0.650 bits per heavy atom. The van der Waals surface area contributed by atoms with Gasteiger partial charge in [0, 0.05) is 0 Å². The predicted octanol–water partition coefficient (Wildman–Crippen LogP) is -1.75. The maximum Gasteiger partial charge on any atom is 0.481 e. The minimum absolute atomic E-state index is 1.30. The molecule has 0 aromatic carbocycles. The zero-order valence-electron chi connectivity index (χ0n) is 9.78. The third-order valence-electron chi connectivity index (χ3n) is 2.79. The van der Waals surface area contributed by atoms with E-state index in [9.17, 15) is 40.5 Å². The summed E-state index contributed by atoms with van der Waals surface area (Å²) in [7, 11) is 0. The lowest BCUT2D eigenvalue weighted by molar-refractivity contribution is -0.817. The van der Waals surface area contributed by atoms with Gasteiger partial charge in [-0.3, -0.25) is 40.5 Å². The molecule has 0 radical (unpaired) electrons. The zero-order chi connectivity index (χ0) is 16.1. The van der Waals surface area contributed by atoms with Gasteiger partial charge in [-0.2, -0.15) is 0 Å². The molecule has 0 bridgehead atoms. The van der Waals surface area contributed by atoms with Crippen LogP contribution in [0.4, 0.5) is 0 Å². The van der Waals surface area contributed by atoms with Crippen LogP contribution in [0.15, 0.2) is 0 Å². The minimum atomic E-state index is -3.20. The fourth-order valence-electron chi connectivity index (χ4n) is 1.29. The molecule has 0 fully saturated rings.